The normalized spacial score (nSPS) is 19.3. The van der Waals surface area contributed by atoms with Gasteiger partial charge in [0.25, 0.3) is 5.91 Å². The molecule has 0 aromatic heterocycles. The van der Waals surface area contributed by atoms with Crippen molar-refractivity contribution in [2.75, 3.05) is 13.1 Å². The Labute approximate surface area is 185 Å². The molecule has 0 radical (unpaired) electrons. The third-order valence-corrected chi connectivity index (χ3v) is 4.99. The Balaban J connectivity index is 1.56. The van der Waals surface area contributed by atoms with Crippen molar-refractivity contribution >= 4 is 17.8 Å². The lowest BCUT2D eigenvalue weighted by atomic mass is 9.92. The van der Waals surface area contributed by atoms with Crippen LogP contribution in [0.2, 0.25) is 0 Å². The van der Waals surface area contributed by atoms with Crippen LogP contribution in [0.25, 0.3) is 0 Å². The molecule has 2 aromatic carbocycles. The second-order valence-electron chi connectivity index (χ2n) is 7.39. The predicted octanol–water partition coefficient (Wildman–Crippen LogP) is 2.34. The second kappa shape index (κ2) is 9.06. The molecule has 0 spiro atoms. The highest BCUT2D eigenvalue weighted by atomic mass is 19.4. The highest BCUT2D eigenvalue weighted by Gasteiger charge is 2.49. The van der Waals surface area contributed by atoms with Crippen LogP contribution >= 0.6 is 0 Å². The number of rotatable bonds is 7. The van der Waals surface area contributed by atoms with Crippen LogP contribution in [0.1, 0.15) is 24.2 Å². The first-order chi connectivity index (χ1) is 15.4. The van der Waals surface area contributed by atoms with Crippen molar-refractivity contribution in [2.24, 2.45) is 0 Å². The molecular formula is C21H19F4N3O5. The lowest BCUT2D eigenvalue weighted by molar-refractivity contribution is -0.274. The number of alkyl halides is 3. The standard InChI is InChI=1S/C21H19F4N3O5/c1-20(13-4-6-14(22)7-5-13)18(31)28(19(32)27-20)11-17(30)26-10-16(29)12-2-8-15(9-3-12)33-21(23,24)25/h2-9,16,29H,10-11H2,1H3,(H,26,30)(H,27,32). The zero-order chi connectivity index (χ0) is 24.4. The van der Waals surface area contributed by atoms with Gasteiger partial charge in [0, 0.05) is 6.54 Å². The SMILES string of the molecule is CC1(c2ccc(F)cc2)NC(=O)N(CC(=O)NCC(O)c2ccc(OC(F)(F)F)cc2)C1=O. The number of hydrogen-bond donors (Lipinski definition) is 3. The van der Waals surface area contributed by atoms with Crippen LogP contribution < -0.4 is 15.4 Å². The fourth-order valence-corrected chi connectivity index (χ4v) is 3.24. The first-order valence-electron chi connectivity index (χ1n) is 9.59. The third kappa shape index (κ3) is 5.58. The van der Waals surface area contributed by atoms with E-state index in [4.69, 9.17) is 0 Å². The van der Waals surface area contributed by atoms with Gasteiger partial charge in [0.05, 0.1) is 6.10 Å². The molecule has 2 aromatic rings. The molecule has 1 saturated heterocycles. The molecule has 1 aliphatic rings. The average molecular weight is 469 g/mol. The fourth-order valence-electron chi connectivity index (χ4n) is 3.24. The zero-order valence-corrected chi connectivity index (χ0v) is 17.1. The number of amides is 4. The molecule has 12 heteroatoms. The van der Waals surface area contributed by atoms with E-state index in [1.165, 1.54) is 31.2 Å². The number of benzene rings is 2. The third-order valence-electron chi connectivity index (χ3n) is 4.99. The summed E-state index contributed by atoms with van der Waals surface area (Å²) in [6.45, 7) is 0.470. The van der Waals surface area contributed by atoms with Gasteiger partial charge in [-0.2, -0.15) is 0 Å². The molecule has 33 heavy (non-hydrogen) atoms. The Morgan fingerprint density at radius 1 is 1.15 bits per heavy atom. The number of aliphatic hydroxyl groups is 1. The molecule has 0 aliphatic carbocycles. The molecule has 0 saturated carbocycles. The van der Waals surface area contributed by atoms with Crippen LogP contribution in [0.4, 0.5) is 22.4 Å². The minimum atomic E-state index is -4.85. The molecule has 2 unspecified atom stereocenters. The Bertz CT molecular complexity index is 1040. The Morgan fingerprint density at radius 2 is 1.76 bits per heavy atom. The summed E-state index contributed by atoms with van der Waals surface area (Å²) in [5, 5.41) is 15.0. The van der Waals surface area contributed by atoms with Crippen molar-refractivity contribution in [3.8, 4) is 5.75 Å². The monoisotopic (exact) mass is 469 g/mol. The number of aliphatic hydroxyl groups excluding tert-OH is 1. The largest absolute Gasteiger partial charge is 0.573 e. The van der Waals surface area contributed by atoms with E-state index in [0.29, 0.717) is 10.5 Å². The van der Waals surface area contributed by atoms with Crippen molar-refractivity contribution in [1.29, 1.82) is 0 Å². The smallest absolute Gasteiger partial charge is 0.406 e. The maximum atomic E-state index is 13.2. The van der Waals surface area contributed by atoms with Crippen LogP contribution in [-0.2, 0) is 15.1 Å². The Kier molecular flexibility index (Phi) is 6.58. The summed E-state index contributed by atoms with van der Waals surface area (Å²) in [4.78, 5) is 38.0. The van der Waals surface area contributed by atoms with Crippen LogP contribution in [0.3, 0.4) is 0 Å². The molecule has 3 rings (SSSR count). The molecule has 0 bridgehead atoms. The van der Waals surface area contributed by atoms with E-state index < -0.39 is 54.0 Å². The Hall–Kier alpha value is -3.67. The van der Waals surface area contributed by atoms with Crippen LogP contribution in [0.5, 0.6) is 5.75 Å². The highest BCUT2D eigenvalue weighted by molar-refractivity contribution is 6.09. The number of nitrogens with zero attached hydrogens (tertiary/aromatic N) is 1. The number of hydrogen-bond acceptors (Lipinski definition) is 5. The summed E-state index contributed by atoms with van der Waals surface area (Å²) in [7, 11) is 0. The quantitative estimate of drug-likeness (QED) is 0.426. The summed E-state index contributed by atoms with van der Waals surface area (Å²) in [5.74, 6) is -2.45. The molecule has 2 atom stereocenters. The molecule has 1 aliphatic heterocycles. The highest BCUT2D eigenvalue weighted by Crippen LogP contribution is 2.29. The van der Waals surface area contributed by atoms with E-state index in [-0.39, 0.29) is 12.1 Å². The predicted molar refractivity (Wildman–Crippen MR) is 105 cm³/mol. The lowest BCUT2D eigenvalue weighted by Crippen LogP contribution is -2.43. The van der Waals surface area contributed by atoms with Gasteiger partial charge in [0.2, 0.25) is 5.91 Å². The molecule has 8 nitrogen and oxygen atoms in total. The van der Waals surface area contributed by atoms with Crippen molar-refractivity contribution in [3.05, 3.63) is 65.5 Å². The minimum absolute atomic E-state index is 0.212. The van der Waals surface area contributed by atoms with E-state index in [0.717, 1.165) is 24.3 Å². The summed E-state index contributed by atoms with van der Waals surface area (Å²) in [6, 6.07) is 8.57. The van der Waals surface area contributed by atoms with Gasteiger partial charge in [-0.25, -0.2) is 9.18 Å². The lowest BCUT2D eigenvalue weighted by Gasteiger charge is -2.22. The minimum Gasteiger partial charge on any atom is -0.406 e. The number of urea groups is 1. The number of carbonyl (C=O) groups excluding carboxylic acids is 3. The first-order valence-corrected chi connectivity index (χ1v) is 9.59. The number of ether oxygens (including phenoxy) is 1. The van der Waals surface area contributed by atoms with Crippen molar-refractivity contribution in [2.45, 2.75) is 24.9 Å². The van der Waals surface area contributed by atoms with E-state index in [2.05, 4.69) is 15.4 Å². The molecule has 1 fully saturated rings. The van der Waals surface area contributed by atoms with Crippen LogP contribution in [-0.4, -0.2) is 47.3 Å². The molecule has 1 heterocycles. The zero-order valence-electron chi connectivity index (χ0n) is 17.1. The van der Waals surface area contributed by atoms with Crippen molar-refractivity contribution < 1.29 is 41.8 Å². The number of imide groups is 1. The summed E-state index contributed by atoms with van der Waals surface area (Å²) in [6.07, 6.45) is -6.11. The summed E-state index contributed by atoms with van der Waals surface area (Å²) >= 11 is 0. The molecule has 176 valence electrons. The van der Waals surface area contributed by atoms with Gasteiger partial charge in [-0.15, -0.1) is 13.2 Å². The first kappa shape index (κ1) is 24.0. The maximum absolute atomic E-state index is 13.2. The van der Waals surface area contributed by atoms with Crippen molar-refractivity contribution in [3.63, 3.8) is 0 Å². The molecular weight excluding hydrogens is 450 g/mol. The van der Waals surface area contributed by atoms with E-state index in [1.807, 2.05) is 0 Å². The van der Waals surface area contributed by atoms with Gasteiger partial charge in [0.1, 0.15) is 23.7 Å². The second-order valence-corrected chi connectivity index (χ2v) is 7.39. The maximum Gasteiger partial charge on any atom is 0.573 e. The average Bonchev–Trinajstić information content (AvgIpc) is 2.95. The van der Waals surface area contributed by atoms with Gasteiger partial charge >= 0.3 is 12.4 Å². The Morgan fingerprint density at radius 3 is 2.33 bits per heavy atom. The van der Waals surface area contributed by atoms with Gasteiger partial charge in [-0.05, 0) is 42.3 Å². The molecule has 3 N–H and O–H groups in total. The van der Waals surface area contributed by atoms with E-state index in [1.54, 1.807) is 0 Å². The summed E-state index contributed by atoms with van der Waals surface area (Å²) < 4.78 is 53.5. The van der Waals surface area contributed by atoms with E-state index in [9.17, 15) is 37.1 Å². The number of carbonyl (C=O) groups is 3. The fraction of sp³-hybridized carbons (Fsp3) is 0.286. The van der Waals surface area contributed by atoms with Gasteiger partial charge in [-0.1, -0.05) is 24.3 Å². The number of nitrogens with one attached hydrogen (secondary N) is 2. The summed E-state index contributed by atoms with van der Waals surface area (Å²) in [5.41, 5.74) is -0.938. The van der Waals surface area contributed by atoms with Gasteiger partial charge in [0.15, 0.2) is 0 Å². The van der Waals surface area contributed by atoms with Gasteiger partial charge < -0.3 is 20.5 Å². The van der Waals surface area contributed by atoms with Crippen LogP contribution in [0.15, 0.2) is 48.5 Å². The van der Waals surface area contributed by atoms with Crippen molar-refractivity contribution in [1.82, 2.24) is 15.5 Å². The molecule has 4 amide bonds. The topological polar surface area (TPSA) is 108 Å². The van der Waals surface area contributed by atoms with E-state index >= 15 is 0 Å². The number of halogens is 4. The van der Waals surface area contributed by atoms with Gasteiger partial charge in [-0.3, -0.25) is 14.5 Å². The van der Waals surface area contributed by atoms with Crippen LogP contribution in [0, 0.1) is 5.82 Å².